The van der Waals surface area contributed by atoms with Crippen LogP contribution >= 0.6 is 22.7 Å². The van der Waals surface area contributed by atoms with Gasteiger partial charge in [-0.25, -0.2) is 9.97 Å². The Morgan fingerprint density at radius 3 is 1.69 bits per heavy atom. The van der Waals surface area contributed by atoms with Crippen molar-refractivity contribution >= 4 is 44.3 Å². The molecule has 84 valence electrons. The van der Waals surface area contributed by atoms with Gasteiger partial charge in [0.2, 0.25) is 0 Å². The van der Waals surface area contributed by atoms with E-state index in [4.69, 9.17) is 0 Å². The Balaban J connectivity index is 2.24. The van der Waals surface area contributed by atoms with Gasteiger partial charge in [-0.2, -0.15) is 0 Å². The molecule has 0 aliphatic carbocycles. The molecule has 1 aliphatic rings. The highest BCUT2D eigenvalue weighted by Gasteiger charge is 2.30. The quantitative estimate of drug-likeness (QED) is 0.721. The van der Waals surface area contributed by atoms with Crippen molar-refractivity contribution in [2.24, 2.45) is 0 Å². The average Bonchev–Trinajstić information content (AvgIpc) is 2.78. The number of hydrogen-bond donors (Lipinski definition) is 0. The molecular formula is C10H12N4S2. The third-order valence-electron chi connectivity index (χ3n) is 2.64. The van der Waals surface area contributed by atoms with Gasteiger partial charge in [-0.15, -0.1) is 0 Å². The van der Waals surface area contributed by atoms with Gasteiger partial charge in [0.05, 0.1) is 10.0 Å². The summed E-state index contributed by atoms with van der Waals surface area (Å²) in [5.41, 5.74) is 0. The Labute approximate surface area is 102 Å². The van der Waals surface area contributed by atoms with E-state index in [9.17, 15) is 0 Å². The van der Waals surface area contributed by atoms with E-state index in [1.54, 1.807) is 22.7 Å². The van der Waals surface area contributed by atoms with Gasteiger partial charge in [-0.1, -0.05) is 22.7 Å². The van der Waals surface area contributed by atoms with Crippen LogP contribution in [0.1, 0.15) is 10.0 Å². The van der Waals surface area contributed by atoms with Gasteiger partial charge in [0.15, 0.2) is 11.6 Å². The molecule has 0 fully saturated rings. The Kier molecular flexibility index (Phi) is 1.99. The van der Waals surface area contributed by atoms with Gasteiger partial charge in [0, 0.05) is 14.1 Å². The van der Waals surface area contributed by atoms with Gasteiger partial charge in [0.25, 0.3) is 0 Å². The lowest BCUT2D eigenvalue weighted by Gasteiger charge is -2.28. The summed E-state index contributed by atoms with van der Waals surface area (Å²) in [6.45, 7) is 4.08. The van der Waals surface area contributed by atoms with E-state index in [0.717, 1.165) is 21.7 Å². The molecule has 0 saturated heterocycles. The van der Waals surface area contributed by atoms with Crippen LogP contribution in [0.3, 0.4) is 0 Å². The molecule has 0 radical (unpaired) electrons. The number of anilines is 4. The summed E-state index contributed by atoms with van der Waals surface area (Å²) in [6.07, 6.45) is 0. The first-order valence-corrected chi connectivity index (χ1v) is 6.63. The maximum absolute atomic E-state index is 4.56. The molecule has 1 aliphatic heterocycles. The van der Waals surface area contributed by atoms with Crippen LogP contribution < -0.4 is 9.80 Å². The maximum atomic E-state index is 4.56. The van der Waals surface area contributed by atoms with Crippen molar-refractivity contribution < 1.29 is 0 Å². The molecule has 0 saturated carbocycles. The zero-order chi connectivity index (χ0) is 11.4. The van der Waals surface area contributed by atoms with E-state index in [0.29, 0.717) is 0 Å². The third kappa shape index (κ3) is 1.20. The second-order valence-electron chi connectivity index (χ2n) is 3.84. The van der Waals surface area contributed by atoms with Crippen LogP contribution in [0.15, 0.2) is 0 Å². The SMILES string of the molecule is Cc1nc2c(s1)N(C)c1sc(C)nc1N2C. The molecule has 3 rings (SSSR count). The number of thiazole rings is 2. The summed E-state index contributed by atoms with van der Waals surface area (Å²) in [5, 5.41) is 4.60. The molecule has 2 aromatic rings. The van der Waals surface area contributed by atoms with Gasteiger partial charge < -0.3 is 9.80 Å². The minimum absolute atomic E-state index is 1.02. The van der Waals surface area contributed by atoms with Gasteiger partial charge in [0.1, 0.15) is 10.0 Å². The average molecular weight is 252 g/mol. The van der Waals surface area contributed by atoms with Crippen LogP contribution in [0, 0.1) is 13.8 Å². The maximum Gasteiger partial charge on any atom is 0.169 e. The van der Waals surface area contributed by atoms with E-state index in [1.807, 2.05) is 20.9 Å². The van der Waals surface area contributed by atoms with Crippen LogP contribution in [0.4, 0.5) is 21.6 Å². The predicted molar refractivity (Wildman–Crippen MR) is 69.8 cm³/mol. The van der Waals surface area contributed by atoms with Crippen molar-refractivity contribution in [2.75, 3.05) is 23.9 Å². The van der Waals surface area contributed by atoms with Crippen LogP contribution in [-0.2, 0) is 0 Å². The summed E-state index contributed by atoms with van der Waals surface area (Å²) in [6, 6.07) is 0. The molecule has 4 nitrogen and oxygen atoms in total. The van der Waals surface area contributed by atoms with Gasteiger partial charge in [-0.05, 0) is 13.8 Å². The van der Waals surface area contributed by atoms with E-state index in [2.05, 4.69) is 26.8 Å². The summed E-state index contributed by atoms with van der Waals surface area (Å²) in [7, 11) is 4.11. The lowest BCUT2D eigenvalue weighted by Crippen LogP contribution is -2.22. The second kappa shape index (κ2) is 3.18. The highest BCUT2D eigenvalue weighted by atomic mass is 32.1. The Morgan fingerprint density at radius 2 is 1.25 bits per heavy atom. The summed E-state index contributed by atoms with van der Waals surface area (Å²) in [4.78, 5) is 13.4. The molecule has 2 aromatic heterocycles. The van der Waals surface area contributed by atoms with E-state index >= 15 is 0 Å². The Morgan fingerprint density at radius 1 is 0.812 bits per heavy atom. The first kappa shape index (κ1) is 10.0. The third-order valence-corrected chi connectivity index (χ3v) is 4.72. The van der Waals surface area contributed by atoms with Gasteiger partial charge in [-0.3, -0.25) is 0 Å². The second-order valence-corrected chi connectivity index (χ2v) is 6.20. The largest absolute Gasteiger partial charge is 0.322 e. The zero-order valence-electron chi connectivity index (χ0n) is 9.61. The van der Waals surface area contributed by atoms with Crippen molar-refractivity contribution in [2.45, 2.75) is 13.8 Å². The molecule has 0 N–H and O–H groups in total. The first-order valence-electron chi connectivity index (χ1n) is 5.00. The number of aryl methyl sites for hydroxylation is 2. The summed E-state index contributed by atoms with van der Waals surface area (Å²) in [5.74, 6) is 2.03. The molecule has 0 bridgehead atoms. The lowest BCUT2D eigenvalue weighted by atomic mass is 10.4. The number of hydrogen-bond acceptors (Lipinski definition) is 6. The highest BCUT2D eigenvalue weighted by Crippen LogP contribution is 2.50. The van der Waals surface area contributed by atoms with Crippen molar-refractivity contribution in [1.29, 1.82) is 0 Å². The number of nitrogens with zero attached hydrogens (tertiary/aromatic N) is 4. The number of aromatic nitrogens is 2. The van der Waals surface area contributed by atoms with Crippen LogP contribution in [0.5, 0.6) is 0 Å². The smallest absolute Gasteiger partial charge is 0.169 e. The fraction of sp³-hybridized carbons (Fsp3) is 0.400. The predicted octanol–water partition coefficient (Wildman–Crippen LogP) is 3.07. The minimum atomic E-state index is 1.02. The molecule has 0 unspecified atom stereocenters. The van der Waals surface area contributed by atoms with Crippen molar-refractivity contribution in [3.8, 4) is 0 Å². The Hall–Kier alpha value is -1.14. The molecule has 0 atom stereocenters. The van der Waals surface area contributed by atoms with Crippen molar-refractivity contribution in [3.63, 3.8) is 0 Å². The van der Waals surface area contributed by atoms with E-state index in [1.165, 1.54) is 10.0 Å². The Bertz CT molecular complexity index is 464. The molecular weight excluding hydrogens is 240 g/mol. The summed E-state index contributed by atoms with van der Waals surface area (Å²) < 4.78 is 0. The monoisotopic (exact) mass is 252 g/mol. The standard InChI is InChI=1S/C10H12N4S2/c1-5-11-7-9(15-5)14(4)10-8(13(7)3)12-6(2)16-10/h1-4H3. The van der Waals surface area contributed by atoms with Crippen LogP contribution in [0.2, 0.25) is 0 Å². The number of rotatable bonds is 0. The fourth-order valence-electron chi connectivity index (χ4n) is 1.88. The zero-order valence-corrected chi connectivity index (χ0v) is 11.2. The first-order chi connectivity index (χ1) is 7.58. The van der Waals surface area contributed by atoms with Crippen molar-refractivity contribution in [1.82, 2.24) is 9.97 Å². The lowest BCUT2D eigenvalue weighted by molar-refractivity contribution is 1.04. The molecule has 0 amide bonds. The van der Waals surface area contributed by atoms with Crippen molar-refractivity contribution in [3.05, 3.63) is 10.0 Å². The molecule has 16 heavy (non-hydrogen) atoms. The van der Waals surface area contributed by atoms with E-state index < -0.39 is 0 Å². The van der Waals surface area contributed by atoms with Crippen LogP contribution in [0.25, 0.3) is 0 Å². The molecule has 3 heterocycles. The molecule has 0 aromatic carbocycles. The molecule has 0 spiro atoms. The van der Waals surface area contributed by atoms with Gasteiger partial charge >= 0.3 is 0 Å². The molecule has 6 heteroatoms. The van der Waals surface area contributed by atoms with E-state index in [-0.39, 0.29) is 0 Å². The minimum Gasteiger partial charge on any atom is -0.322 e. The topological polar surface area (TPSA) is 32.3 Å². The summed E-state index contributed by atoms with van der Waals surface area (Å²) >= 11 is 3.45. The van der Waals surface area contributed by atoms with Crippen LogP contribution in [-0.4, -0.2) is 24.1 Å². The highest BCUT2D eigenvalue weighted by molar-refractivity contribution is 7.19. The normalized spacial score (nSPS) is 14.0. The number of fused-ring (bicyclic) bond motifs is 2. The fourth-order valence-corrected chi connectivity index (χ4v) is 3.76.